The van der Waals surface area contributed by atoms with Gasteiger partial charge in [-0.15, -0.1) is 0 Å². The summed E-state index contributed by atoms with van der Waals surface area (Å²) < 4.78 is 21.9. The van der Waals surface area contributed by atoms with Crippen LogP contribution in [0.5, 0.6) is 5.75 Å². The molecule has 2 aliphatic heterocycles. The third-order valence-corrected chi connectivity index (χ3v) is 5.82. The SMILES string of the molecule is C[C@H](CCc1ccc(O)cc1)O[C@@H]1O[C@H](CO[C@H]2OC[C@](O)(CO)[C@H]2O)[C@@H](O)[C@H](O)[C@H]1O. The highest BCUT2D eigenvalue weighted by Crippen LogP contribution is 2.28. The smallest absolute Gasteiger partial charge is 0.186 e. The summed E-state index contributed by atoms with van der Waals surface area (Å²) in [7, 11) is 0. The van der Waals surface area contributed by atoms with E-state index in [1.54, 1.807) is 31.2 Å². The number of aromatic hydroxyl groups is 1. The Morgan fingerprint density at radius 2 is 1.75 bits per heavy atom. The molecule has 0 saturated carbocycles. The molecule has 2 saturated heterocycles. The summed E-state index contributed by atoms with van der Waals surface area (Å²) in [6.45, 7) is 0.377. The molecule has 0 bridgehead atoms. The molecule has 2 heterocycles. The van der Waals surface area contributed by atoms with Crippen molar-refractivity contribution in [2.75, 3.05) is 19.8 Å². The predicted molar refractivity (Wildman–Crippen MR) is 107 cm³/mol. The van der Waals surface area contributed by atoms with Gasteiger partial charge in [0.05, 0.1) is 25.9 Å². The molecule has 0 aliphatic carbocycles. The fraction of sp³-hybridized carbons (Fsp3) is 0.714. The highest BCUT2D eigenvalue weighted by Gasteiger charge is 2.50. The molecule has 182 valence electrons. The van der Waals surface area contributed by atoms with Crippen molar-refractivity contribution in [2.45, 2.75) is 74.6 Å². The third kappa shape index (κ3) is 5.75. The number of hydrogen-bond acceptors (Lipinski definition) is 11. The minimum atomic E-state index is -1.86. The first-order chi connectivity index (χ1) is 15.1. The van der Waals surface area contributed by atoms with Gasteiger partial charge in [-0.3, -0.25) is 0 Å². The van der Waals surface area contributed by atoms with Crippen molar-refractivity contribution in [2.24, 2.45) is 0 Å². The predicted octanol–water partition coefficient (Wildman–Crippen LogP) is -2.01. The van der Waals surface area contributed by atoms with E-state index in [-0.39, 0.29) is 25.1 Å². The summed E-state index contributed by atoms with van der Waals surface area (Å²) in [6.07, 6.45) is -8.83. The highest BCUT2D eigenvalue weighted by atomic mass is 16.7. The van der Waals surface area contributed by atoms with Crippen LogP contribution in [0.15, 0.2) is 24.3 Å². The van der Waals surface area contributed by atoms with Crippen LogP contribution < -0.4 is 0 Å². The van der Waals surface area contributed by atoms with Crippen LogP contribution in [-0.4, -0.2) is 110 Å². The molecule has 0 spiro atoms. The van der Waals surface area contributed by atoms with Gasteiger partial charge in [-0.1, -0.05) is 12.1 Å². The van der Waals surface area contributed by atoms with Crippen LogP contribution in [0.4, 0.5) is 0 Å². The third-order valence-electron chi connectivity index (χ3n) is 5.82. The lowest BCUT2D eigenvalue weighted by atomic mass is 9.99. The molecule has 32 heavy (non-hydrogen) atoms. The minimum Gasteiger partial charge on any atom is -0.508 e. The Hall–Kier alpha value is -1.38. The average Bonchev–Trinajstić information content (AvgIpc) is 3.07. The number of hydrogen-bond donors (Lipinski definition) is 7. The topological polar surface area (TPSA) is 179 Å². The van der Waals surface area contributed by atoms with Gasteiger partial charge in [0, 0.05) is 0 Å². The molecule has 11 heteroatoms. The van der Waals surface area contributed by atoms with Crippen LogP contribution in [0.3, 0.4) is 0 Å². The second kappa shape index (κ2) is 10.7. The molecule has 0 amide bonds. The fourth-order valence-corrected chi connectivity index (χ4v) is 3.62. The normalized spacial score (nSPS) is 38.7. The summed E-state index contributed by atoms with van der Waals surface area (Å²) in [6, 6.07) is 6.75. The first-order valence-corrected chi connectivity index (χ1v) is 10.5. The van der Waals surface area contributed by atoms with Crippen molar-refractivity contribution >= 4 is 0 Å². The number of rotatable bonds is 9. The van der Waals surface area contributed by atoms with E-state index >= 15 is 0 Å². The Kier molecular flexibility index (Phi) is 8.44. The fourth-order valence-electron chi connectivity index (χ4n) is 3.62. The second-order valence-electron chi connectivity index (χ2n) is 8.39. The van der Waals surface area contributed by atoms with Crippen LogP contribution in [0, 0.1) is 0 Å². The number of benzene rings is 1. The summed E-state index contributed by atoms with van der Waals surface area (Å²) >= 11 is 0. The van der Waals surface area contributed by atoms with E-state index in [1.165, 1.54) is 0 Å². The van der Waals surface area contributed by atoms with E-state index in [0.29, 0.717) is 12.8 Å². The number of ether oxygens (including phenoxy) is 4. The quantitative estimate of drug-likeness (QED) is 0.217. The monoisotopic (exact) mass is 460 g/mol. The molecule has 0 unspecified atom stereocenters. The number of aliphatic hydroxyl groups excluding tert-OH is 5. The highest BCUT2D eigenvalue weighted by molar-refractivity contribution is 5.25. The first kappa shape index (κ1) is 25.2. The van der Waals surface area contributed by atoms with Gasteiger partial charge >= 0.3 is 0 Å². The summed E-state index contributed by atoms with van der Waals surface area (Å²) in [4.78, 5) is 0. The van der Waals surface area contributed by atoms with E-state index in [1.807, 2.05) is 0 Å². The number of aryl methyl sites for hydroxylation is 1. The van der Waals surface area contributed by atoms with Crippen molar-refractivity contribution in [1.29, 1.82) is 0 Å². The number of aliphatic hydroxyl groups is 6. The van der Waals surface area contributed by atoms with Gasteiger partial charge in [0.25, 0.3) is 0 Å². The van der Waals surface area contributed by atoms with Gasteiger partial charge in [0.15, 0.2) is 12.6 Å². The molecule has 1 aromatic carbocycles. The Morgan fingerprint density at radius 3 is 2.38 bits per heavy atom. The van der Waals surface area contributed by atoms with Gasteiger partial charge in [-0.05, 0) is 37.5 Å². The first-order valence-electron chi connectivity index (χ1n) is 10.5. The zero-order chi connectivity index (χ0) is 23.5. The largest absolute Gasteiger partial charge is 0.508 e. The Bertz CT molecular complexity index is 716. The summed E-state index contributed by atoms with van der Waals surface area (Å²) in [5.41, 5.74) is -0.867. The van der Waals surface area contributed by atoms with Crippen molar-refractivity contribution < 1.29 is 54.7 Å². The van der Waals surface area contributed by atoms with E-state index in [4.69, 9.17) is 18.9 Å². The molecular weight excluding hydrogens is 428 g/mol. The van der Waals surface area contributed by atoms with Crippen molar-refractivity contribution in [3.63, 3.8) is 0 Å². The Morgan fingerprint density at radius 1 is 1.06 bits per heavy atom. The molecule has 11 nitrogen and oxygen atoms in total. The minimum absolute atomic E-state index is 0.175. The van der Waals surface area contributed by atoms with Crippen LogP contribution in [0.2, 0.25) is 0 Å². The maximum Gasteiger partial charge on any atom is 0.186 e. The van der Waals surface area contributed by atoms with Gasteiger partial charge in [-0.2, -0.15) is 0 Å². The van der Waals surface area contributed by atoms with E-state index in [0.717, 1.165) is 5.56 Å². The van der Waals surface area contributed by atoms with E-state index in [9.17, 15) is 35.7 Å². The average molecular weight is 460 g/mol. The van der Waals surface area contributed by atoms with Gasteiger partial charge < -0.3 is 54.7 Å². The van der Waals surface area contributed by atoms with Gasteiger partial charge in [-0.25, -0.2) is 0 Å². The molecule has 2 fully saturated rings. The zero-order valence-corrected chi connectivity index (χ0v) is 17.7. The molecule has 1 aromatic rings. The Labute approximate surface area is 185 Å². The van der Waals surface area contributed by atoms with Crippen molar-refractivity contribution in [1.82, 2.24) is 0 Å². The summed E-state index contributed by atoms with van der Waals surface area (Å²) in [5.74, 6) is 0.175. The second-order valence-corrected chi connectivity index (χ2v) is 8.39. The summed E-state index contributed by atoms with van der Waals surface area (Å²) in [5, 5.41) is 69.3. The number of phenolic OH excluding ortho intramolecular Hbond substituents is 1. The molecule has 2 aliphatic rings. The number of phenols is 1. The van der Waals surface area contributed by atoms with E-state index < -0.39 is 55.3 Å². The lowest BCUT2D eigenvalue weighted by Crippen LogP contribution is -2.60. The molecule has 0 radical (unpaired) electrons. The standard InChI is InChI=1S/C21H32O11/c1-11(2-3-12-4-6-13(23)7-5-12)31-19-17(26)16(25)15(24)14(32-19)8-29-20-18(27)21(28,9-22)10-30-20/h4-7,11,14-20,22-28H,2-3,8-10H2,1H3/t11-,14-,15-,16+,17-,18+,19-,20+,21-/m1/s1. The lowest BCUT2D eigenvalue weighted by Gasteiger charge is -2.41. The van der Waals surface area contributed by atoms with Crippen molar-refractivity contribution in [3.05, 3.63) is 29.8 Å². The lowest BCUT2D eigenvalue weighted by molar-refractivity contribution is -0.317. The molecule has 7 N–H and O–H groups in total. The van der Waals surface area contributed by atoms with Crippen LogP contribution in [0.25, 0.3) is 0 Å². The van der Waals surface area contributed by atoms with Crippen LogP contribution in [0.1, 0.15) is 18.9 Å². The van der Waals surface area contributed by atoms with Gasteiger partial charge in [0.2, 0.25) is 0 Å². The van der Waals surface area contributed by atoms with Crippen molar-refractivity contribution in [3.8, 4) is 5.75 Å². The van der Waals surface area contributed by atoms with E-state index in [2.05, 4.69) is 0 Å². The molecular formula is C21H32O11. The molecule has 3 rings (SSSR count). The zero-order valence-electron chi connectivity index (χ0n) is 17.7. The maximum atomic E-state index is 10.3. The maximum absolute atomic E-state index is 10.3. The Balaban J connectivity index is 1.52. The van der Waals surface area contributed by atoms with Crippen LogP contribution >= 0.6 is 0 Å². The molecule has 0 aromatic heterocycles. The molecule has 9 atom stereocenters. The van der Waals surface area contributed by atoms with Gasteiger partial charge in [0.1, 0.15) is 41.9 Å². The van der Waals surface area contributed by atoms with Crippen LogP contribution in [-0.2, 0) is 25.4 Å².